The van der Waals surface area contributed by atoms with Gasteiger partial charge in [-0.3, -0.25) is 4.79 Å². The van der Waals surface area contributed by atoms with E-state index in [-0.39, 0.29) is 11.8 Å². The van der Waals surface area contributed by atoms with Crippen molar-refractivity contribution in [2.45, 2.75) is 38.5 Å². The van der Waals surface area contributed by atoms with Crippen LogP contribution in [0.1, 0.15) is 38.5 Å². The molecule has 0 aromatic heterocycles. The lowest BCUT2D eigenvalue weighted by Crippen LogP contribution is -2.33. The van der Waals surface area contributed by atoms with Crippen LogP contribution in [0.25, 0.3) is 0 Å². The molecule has 0 unspecified atom stereocenters. The van der Waals surface area contributed by atoms with Crippen LogP contribution >= 0.6 is 0 Å². The van der Waals surface area contributed by atoms with E-state index in [0.717, 1.165) is 12.8 Å². The second kappa shape index (κ2) is 8.53. The molecule has 1 rings (SSSR count). The molecule has 1 saturated carbocycles. The van der Waals surface area contributed by atoms with Gasteiger partial charge in [0.05, 0.1) is 13.2 Å². The largest absolute Gasteiger partial charge is 0.378 e. The SMILES string of the molecule is NCCOCCNC(=O)C1CCCCCC1. The molecule has 0 aliphatic heterocycles. The van der Waals surface area contributed by atoms with Crippen molar-refractivity contribution in [3.63, 3.8) is 0 Å². The van der Waals surface area contributed by atoms with Crippen molar-refractivity contribution in [1.82, 2.24) is 5.32 Å². The molecule has 0 aromatic rings. The van der Waals surface area contributed by atoms with Gasteiger partial charge in [0.1, 0.15) is 0 Å². The Bertz CT molecular complexity index is 189. The first-order valence-electron chi connectivity index (χ1n) is 6.40. The predicted octanol–water partition coefficient (Wildman–Crippen LogP) is 1.05. The Labute approximate surface area is 97.9 Å². The fourth-order valence-corrected chi connectivity index (χ4v) is 2.12. The highest BCUT2D eigenvalue weighted by Gasteiger charge is 2.19. The van der Waals surface area contributed by atoms with Crippen LogP contribution in [0.3, 0.4) is 0 Å². The van der Waals surface area contributed by atoms with E-state index in [1.54, 1.807) is 0 Å². The van der Waals surface area contributed by atoms with Gasteiger partial charge in [-0.05, 0) is 12.8 Å². The highest BCUT2D eigenvalue weighted by Crippen LogP contribution is 2.22. The Kier molecular flexibility index (Phi) is 7.17. The maximum Gasteiger partial charge on any atom is 0.223 e. The molecule has 1 aliphatic carbocycles. The first-order chi connectivity index (χ1) is 7.84. The minimum absolute atomic E-state index is 0.207. The maximum atomic E-state index is 11.8. The molecule has 1 fully saturated rings. The van der Waals surface area contributed by atoms with E-state index in [9.17, 15) is 4.79 Å². The van der Waals surface area contributed by atoms with Gasteiger partial charge in [0, 0.05) is 19.0 Å². The van der Waals surface area contributed by atoms with Crippen LogP contribution in [-0.4, -0.2) is 32.2 Å². The van der Waals surface area contributed by atoms with Crippen LogP contribution in [-0.2, 0) is 9.53 Å². The molecule has 1 aliphatic rings. The maximum absolute atomic E-state index is 11.8. The van der Waals surface area contributed by atoms with Crippen molar-refractivity contribution in [3.05, 3.63) is 0 Å². The third kappa shape index (κ3) is 5.47. The predicted molar refractivity (Wildman–Crippen MR) is 64.1 cm³/mol. The number of amides is 1. The standard InChI is InChI=1S/C12H24N2O2/c13-7-9-16-10-8-14-12(15)11-5-3-1-2-4-6-11/h11H,1-10,13H2,(H,14,15). The molecule has 1 amide bonds. The van der Waals surface area contributed by atoms with E-state index in [1.807, 2.05) is 0 Å². The highest BCUT2D eigenvalue weighted by atomic mass is 16.5. The van der Waals surface area contributed by atoms with Crippen LogP contribution in [0.4, 0.5) is 0 Å². The second-order valence-electron chi connectivity index (χ2n) is 4.38. The van der Waals surface area contributed by atoms with Crippen molar-refractivity contribution < 1.29 is 9.53 Å². The van der Waals surface area contributed by atoms with Crippen LogP contribution in [0, 0.1) is 5.92 Å². The first kappa shape index (κ1) is 13.5. The van der Waals surface area contributed by atoms with E-state index in [2.05, 4.69) is 5.32 Å². The Morgan fingerprint density at radius 2 is 1.88 bits per heavy atom. The molecule has 4 nitrogen and oxygen atoms in total. The van der Waals surface area contributed by atoms with E-state index < -0.39 is 0 Å². The highest BCUT2D eigenvalue weighted by molar-refractivity contribution is 5.78. The van der Waals surface area contributed by atoms with Crippen LogP contribution in [0.2, 0.25) is 0 Å². The monoisotopic (exact) mass is 228 g/mol. The summed E-state index contributed by atoms with van der Waals surface area (Å²) in [4.78, 5) is 11.8. The molecule has 0 bridgehead atoms. The molecular formula is C12H24N2O2. The Balaban J connectivity index is 2.08. The number of hydrogen-bond donors (Lipinski definition) is 2. The van der Waals surface area contributed by atoms with E-state index >= 15 is 0 Å². The first-order valence-corrected chi connectivity index (χ1v) is 6.40. The van der Waals surface area contributed by atoms with E-state index in [4.69, 9.17) is 10.5 Å². The number of hydrogen-bond acceptors (Lipinski definition) is 3. The molecule has 4 heteroatoms. The topological polar surface area (TPSA) is 64.3 Å². The van der Waals surface area contributed by atoms with Crippen molar-refractivity contribution in [3.8, 4) is 0 Å². The second-order valence-corrected chi connectivity index (χ2v) is 4.38. The summed E-state index contributed by atoms with van der Waals surface area (Å²) in [6, 6.07) is 0. The normalized spacial score (nSPS) is 18.1. The lowest BCUT2D eigenvalue weighted by atomic mass is 10.00. The minimum atomic E-state index is 0.207. The molecule has 0 aromatic carbocycles. The van der Waals surface area contributed by atoms with Gasteiger partial charge in [-0.15, -0.1) is 0 Å². The molecular weight excluding hydrogens is 204 g/mol. The number of carbonyl (C=O) groups is 1. The molecule has 0 saturated heterocycles. The van der Waals surface area contributed by atoms with Crippen molar-refractivity contribution >= 4 is 5.91 Å². The molecule has 16 heavy (non-hydrogen) atoms. The number of nitrogens with two attached hydrogens (primary N) is 1. The van der Waals surface area contributed by atoms with Crippen molar-refractivity contribution in [1.29, 1.82) is 0 Å². The molecule has 3 N–H and O–H groups in total. The third-order valence-electron chi connectivity index (χ3n) is 3.03. The van der Waals surface area contributed by atoms with Gasteiger partial charge >= 0.3 is 0 Å². The summed E-state index contributed by atoms with van der Waals surface area (Å²) >= 11 is 0. The molecule has 0 radical (unpaired) electrons. The average molecular weight is 228 g/mol. The van der Waals surface area contributed by atoms with Gasteiger partial charge in [-0.25, -0.2) is 0 Å². The van der Waals surface area contributed by atoms with E-state index in [0.29, 0.717) is 26.3 Å². The third-order valence-corrected chi connectivity index (χ3v) is 3.03. The van der Waals surface area contributed by atoms with Crippen molar-refractivity contribution in [2.24, 2.45) is 11.7 Å². The zero-order valence-corrected chi connectivity index (χ0v) is 10.0. The summed E-state index contributed by atoms with van der Waals surface area (Å²) in [6.45, 7) is 2.28. The number of carbonyl (C=O) groups excluding carboxylic acids is 1. The molecule has 0 atom stereocenters. The van der Waals surface area contributed by atoms with Gasteiger partial charge in [-0.1, -0.05) is 25.7 Å². The summed E-state index contributed by atoms with van der Waals surface area (Å²) in [5.41, 5.74) is 5.29. The summed E-state index contributed by atoms with van der Waals surface area (Å²) in [5, 5.41) is 2.93. The van der Waals surface area contributed by atoms with Gasteiger partial charge in [0.25, 0.3) is 0 Å². The van der Waals surface area contributed by atoms with Crippen LogP contribution in [0.15, 0.2) is 0 Å². The summed E-state index contributed by atoms with van der Waals surface area (Å²) in [5.74, 6) is 0.440. The van der Waals surface area contributed by atoms with Crippen molar-refractivity contribution in [2.75, 3.05) is 26.3 Å². The summed E-state index contributed by atoms with van der Waals surface area (Å²) < 4.78 is 5.21. The molecule has 0 heterocycles. The molecule has 94 valence electrons. The minimum Gasteiger partial charge on any atom is -0.378 e. The zero-order valence-electron chi connectivity index (χ0n) is 10.0. The lowest BCUT2D eigenvalue weighted by molar-refractivity contribution is -0.125. The van der Waals surface area contributed by atoms with Gasteiger partial charge < -0.3 is 15.8 Å². The lowest BCUT2D eigenvalue weighted by Gasteiger charge is -2.13. The Morgan fingerprint density at radius 1 is 1.19 bits per heavy atom. The quantitative estimate of drug-likeness (QED) is 0.527. The van der Waals surface area contributed by atoms with Gasteiger partial charge in [-0.2, -0.15) is 0 Å². The van der Waals surface area contributed by atoms with Gasteiger partial charge in [0.2, 0.25) is 5.91 Å². The smallest absolute Gasteiger partial charge is 0.223 e. The van der Waals surface area contributed by atoms with Crippen LogP contribution in [0.5, 0.6) is 0 Å². The molecule has 0 spiro atoms. The van der Waals surface area contributed by atoms with Crippen LogP contribution < -0.4 is 11.1 Å². The number of ether oxygens (including phenoxy) is 1. The van der Waals surface area contributed by atoms with Gasteiger partial charge in [0.15, 0.2) is 0 Å². The van der Waals surface area contributed by atoms with E-state index in [1.165, 1.54) is 25.7 Å². The fraction of sp³-hybridized carbons (Fsp3) is 0.917. The summed E-state index contributed by atoms with van der Waals surface area (Å²) in [6.07, 6.45) is 7.06. The number of rotatable bonds is 6. The average Bonchev–Trinajstić information content (AvgIpc) is 2.57. The number of nitrogens with one attached hydrogen (secondary N) is 1. The fourth-order valence-electron chi connectivity index (χ4n) is 2.12. The Hall–Kier alpha value is -0.610. The summed E-state index contributed by atoms with van der Waals surface area (Å²) in [7, 11) is 0. The Morgan fingerprint density at radius 3 is 2.50 bits per heavy atom. The zero-order chi connectivity index (χ0) is 11.6.